The van der Waals surface area contributed by atoms with Crippen LogP contribution in [0.4, 0.5) is 5.69 Å². The zero-order valence-electron chi connectivity index (χ0n) is 12.1. The fraction of sp³-hybridized carbons (Fsp3) is 0.533. The van der Waals surface area contributed by atoms with Gasteiger partial charge in [-0.05, 0) is 43.5 Å². The van der Waals surface area contributed by atoms with Crippen molar-refractivity contribution >= 4 is 31.3 Å². The summed E-state index contributed by atoms with van der Waals surface area (Å²) in [5.74, 6) is 0.0852. The molecule has 0 bridgehead atoms. The summed E-state index contributed by atoms with van der Waals surface area (Å²) in [5, 5.41) is 2.88. The first-order chi connectivity index (χ1) is 9.88. The minimum atomic E-state index is -3.74. The van der Waals surface area contributed by atoms with Crippen molar-refractivity contribution in [3.63, 3.8) is 0 Å². The summed E-state index contributed by atoms with van der Waals surface area (Å²) in [5.41, 5.74) is 1.15. The maximum absolute atomic E-state index is 12.3. The van der Waals surface area contributed by atoms with E-state index in [9.17, 15) is 13.2 Å². The first-order valence-corrected chi connectivity index (χ1v) is 9.55. The normalized spacial score (nSPS) is 17.2. The largest absolute Gasteiger partial charge is 0.326 e. The van der Waals surface area contributed by atoms with Crippen molar-refractivity contribution < 1.29 is 13.2 Å². The van der Waals surface area contributed by atoms with Gasteiger partial charge in [-0.15, -0.1) is 0 Å². The molecule has 0 saturated heterocycles. The lowest BCUT2D eigenvalue weighted by molar-refractivity contribution is -0.120. The van der Waals surface area contributed by atoms with Gasteiger partial charge in [0.2, 0.25) is 5.91 Å². The summed E-state index contributed by atoms with van der Waals surface area (Å²) in [6.45, 7) is 1.66. The molecule has 0 radical (unpaired) electrons. The maximum atomic E-state index is 12.3. The summed E-state index contributed by atoms with van der Waals surface area (Å²) in [6.07, 6.45) is 6.45. The molecular formula is C15H20ClNO3S. The third kappa shape index (κ3) is 4.45. The van der Waals surface area contributed by atoms with Crippen molar-refractivity contribution in [1.82, 2.24) is 0 Å². The Hall–Kier alpha value is -1.07. The Kier molecular flexibility index (Phi) is 5.27. The molecule has 21 heavy (non-hydrogen) atoms. The third-order valence-corrected chi connectivity index (χ3v) is 5.41. The molecule has 0 spiro atoms. The van der Waals surface area contributed by atoms with E-state index in [0.29, 0.717) is 11.3 Å². The first kappa shape index (κ1) is 16.3. The summed E-state index contributed by atoms with van der Waals surface area (Å²) in [6, 6.07) is 4.65. The minimum absolute atomic E-state index is 0.0257. The monoisotopic (exact) mass is 329 g/mol. The van der Waals surface area contributed by atoms with E-state index in [4.69, 9.17) is 10.7 Å². The third-order valence-electron chi connectivity index (χ3n) is 3.93. The highest BCUT2D eigenvalue weighted by molar-refractivity contribution is 8.13. The number of rotatable bonds is 3. The van der Waals surface area contributed by atoms with E-state index in [2.05, 4.69) is 5.32 Å². The molecule has 1 fully saturated rings. The minimum Gasteiger partial charge on any atom is -0.326 e. The number of anilines is 1. The van der Waals surface area contributed by atoms with Crippen molar-refractivity contribution in [2.75, 3.05) is 5.32 Å². The van der Waals surface area contributed by atoms with Crippen LogP contribution in [0.3, 0.4) is 0 Å². The molecule has 0 aromatic heterocycles. The highest BCUT2D eigenvalue weighted by Crippen LogP contribution is 2.26. The fourth-order valence-electron chi connectivity index (χ4n) is 2.79. The van der Waals surface area contributed by atoms with Crippen molar-refractivity contribution in [2.45, 2.75) is 50.3 Å². The molecule has 1 aromatic carbocycles. The Labute approximate surface area is 130 Å². The highest BCUT2D eigenvalue weighted by Gasteiger charge is 2.20. The second-order valence-corrected chi connectivity index (χ2v) is 8.13. The Morgan fingerprint density at radius 3 is 2.33 bits per heavy atom. The Morgan fingerprint density at radius 2 is 1.81 bits per heavy atom. The lowest BCUT2D eigenvalue weighted by Crippen LogP contribution is -2.22. The van der Waals surface area contributed by atoms with Crippen molar-refractivity contribution in [3.8, 4) is 0 Å². The molecule has 1 N–H and O–H groups in total. The Morgan fingerprint density at radius 1 is 1.19 bits per heavy atom. The quantitative estimate of drug-likeness (QED) is 0.677. The van der Waals surface area contributed by atoms with Gasteiger partial charge in [0.15, 0.2) is 0 Å². The molecule has 6 heteroatoms. The van der Waals surface area contributed by atoms with E-state index < -0.39 is 9.05 Å². The van der Waals surface area contributed by atoms with Gasteiger partial charge in [0.25, 0.3) is 9.05 Å². The van der Waals surface area contributed by atoms with E-state index in [0.717, 1.165) is 25.7 Å². The van der Waals surface area contributed by atoms with Gasteiger partial charge >= 0.3 is 0 Å². The molecule has 4 nitrogen and oxygen atoms in total. The molecule has 0 unspecified atom stereocenters. The molecule has 1 aromatic rings. The molecule has 116 valence electrons. The first-order valence-electron chi connectivity index (χ1n) is 7.24. The summed E-state index contributed by atoms with van der Waals surface area (Å²) < 4.78 is 22.7. The summed E-state index contributed by atoms with van der Waals surface area (Å²) in [4.78, 5) is 12.3. The van der Waals surface area contributed by atoms with Gasteiger partial charge in [-0.1, -0.05) is 25.7 Å². The highest BCUT2D eigenvalue weighted by atomic mass is 35.7. The van der Waals surface area contributed by atoms with Gasteiger partial charge in [-0.2, -0.15) is 0 Å². The number of hydrogen-bond donors (Lipinski definition) is 1. The molecule has 2 rings (SSSR count). The number of carbonyl (C=O) groups is 1. The fourth-order valence-corrected chi connectivity index (χ4v) is 3.98. The standard InChI is InChI=1S/C15H20ClNO3S/c1-11-10-13(8-9-14(11)21(16,19)20)17-15(18)12-6-4-2-3-5-7-12/h8-10,12H,2-7H2,1H3,(H,17,18). The number of carbonyl (C=O) groups excluding carboxylic acids is 1. The number of halogens is 1. The molecule has 0 aliphatic heterocycles. The van der Waals surface area contributed by atoms with Crippen molar-refractivity contribution in [1.29, 1.82) is 0 Å². The molecule has 1 aliphatic carbocycles. The number of aryl methyl sites for hydroxylation is 1. The van der Waals surface area contributed by atoms with Crippen molar-refractivity contribution in [3.05, 3.63) is 23.8 Å². The van der Waals surface area contributed by atoms with Gasteiger partial charge in [0, 0.05) is 22.3 Å². The van der Waals surface area contributed by atoms with Crippen LogP contribution in [-0.2, 0) is 13.8 Å². The van der Waals surface area contributed by atoms with E-state index in [-0.39, 0.29) is 16.7 Å². The predicted molar refractivity (Wildman–Crippen MR) is 84.0 cm³/mol. The number of amides is 1. The van der Waals surface area contributed by atoms with Crippen LogP contribution in [0, 0.1) is 12.8 Å². The zero-order valence-corrected chi connectivity index (χ0v) is 13.6. The van der Waals surface area contributed by atoms with E-state index in [1.165, 1.54) is 18.9 Å². The Bertz CT molecular complexity index is 620. The van der Waals surface area contributed by atoms with Crippen LogP contribution < -0.4 is 5.32 Å². The average Bonchev–Trinajstić information content (AvgIpc) is 2.66. The number of hydrogen-bond acceptors (Lipinski definition) is 3. The zero-order chi connectivity index (χ0) is 15.5. The topological polar surface area (TPSA) is 63.2 Å². The Balaban J connectivity index is 2.09. The maximum Gasteiger partial charge on any atom is 0.261 e. The molecule has 0 atom stereocenters. The van der Waals surface area contributed by atoms with Crippen LogP contribution in [0.5, 0.6) is 0 Å². The van der Waals surface area contributed by atoms with Crippen LogP contribution in [-0.4, -0.2) is 14.3 Å². The van der Waals surface area contributed by atoms with Crippen molar-refractivity contribution in [2.24, 2.45) is 5.92 Å². The van der Waals surface area contributed by atoms with Crippen LogP contribution >= 0.6 is 10.7 Å². The molecule has 1 aliphatic rings. The molecule has 1 saturated carbocycles. The van der Waals surface area contributed by atoms with E-state index >= 15 is 0 Å². The van der Waals surface area contributed by atoms with Crippen LogP contribution in [0.2, 0.25) is 0 Å². The predicted octanol–water partition coefficient (Wildman–Crippen LogP) is 3.83. The van der Waals surface area contributed by atoms with E-state index in [1.54, 1.807) is 19.1 Å². The number of benzene rings is 1. The lowest BCUT2D eigenvalue weighted by Gasteiger charge is -2.15. The average molecular weight is 330 g/mol. The molecular weight excluding hydrogens is 310 g/mol. The smallest absolute Gasteiger partial charge is 0.261 e. The summed E-state index contributed by atoms with van der Waals surface area (Å²) in [7, 11) is 1.60. The van der Waals surface area contributed by atoms with Gasteiger partial charge < -0.3 is 5.32 Å². The molecule has 1 amide bonds. The van der Waals surface area contributed by atoms with Crippen LogP contribution in [0.1, 0.15) is 44.1 Å². The SMILES string of the molecule is Cc1cc(NC(=O)C2CCCCCC2)ccc1S(=O)(=O)Cl. The molecule has 0 heterocycles. The van der Waals surface area contributed by atoms with Gasteiger partial charge in [0.05, 0.1) is 4.90 Å². The van der Waals surface area contributed by atoms with Crippen LogP contribution in [0.15, 0.2) is 23.1 Å². The lowest BCUT2D eigenvalue weighted by atomic mass is 9.99. The van der Waals surface area contributed by atoms with E-state index in [1.807, 2.05) is 0 Å². The summed E-state index contributed by atoms with van der Waals surface area (Å²) >= 11 is 0. The van der Waals surface area contributed by atoms with Gasteiger partial charge in [-0.25, -0.2) is 8.42 Å². The second kappa shape index (κ2) is 6.79. The second-order valence-electron chi connectivity index (χ2n) is 5.60. The van der Waals surface area contributed by atoms with Crippen LogP contribution in [0.25, 0.3) is 0 Å². The van der Waals surface area contributed by atoms with Gasteiger partial charge in [0.1, 0.15) is 0 Å². The number of nitrogens with one attached hydrogen (secondary N) is 1. The van der Waals surface area contributed by atoms with Gasteiger partial charge in [-0.3, -0.25) is 4.79 Å².